The summed E-state index contributed by atoms with van der Waals surface area (Å²) < 4.78 is 9.30. The number of nitrogens with zero attached hydrogens (tertiary/aromatic N) is 7. The molecule has 0 atom stereocenters. The van der Waals surface area contributed by atoms with Gasteiger partial charge in [0.15, 0.2) is 5.65 Å². The first-order valence-electron chi connectivity index (χ1n) is 8.24. The average Bonchev–Trinajstić information content (AvgIpc) is 3.28. The summed E-state index contributed by atoms with van der Waals surface area (Å²) in [6.45, 7) is 6.83. The molecule has 0 aliphatic carbocycles. The van der Waals surface area contributed by atoms with Gasteiger partial charge in [0.05, 0.1) is 11.8 Å². The van der Waals surface area contributed by atoms with Crippen LogP contribution in [0.1, 0.15) is 29.5 Å². The third-order valence-corrected chi connectivity index (χ3v) is 4.20. The van der Waals surface area contributed by atoms with E-state index in [0.29, 0.717) is 11.7 Å². The van der Waals surface area contributed by atoms with Crippen LogP contribution in [0.25, 0.3) is 17.0 Å². The normalized spacial score (nSPS) is 11.5. The van der Waals surface area contributed by atoms with Crippen LogP contribution in [0.15, 0.2) is 29.2 Å². The largest absolute Gasteiger partial charge is 0.339 e. The van der Waals surface area contributed by atoms with Crippen molar-refractivity contribution in [3.63, 3.8) is 0 Å². The van der Waals surface area contributed by atoms with Crippen LogP contribution in [-0.4, -0.2) is 34.3 Å². The van der Waals surface area contributed by atoms with E-state index in [9.17, 15) is 0 Å². The average molecular weight is 337 g/mol. The highest BCUT2D eigenvalue weighted by Crippen LogP contribution is 2.22. The minimum absolute atomic E-state index is 0.529. The molecule has 0 unspecified atom stereocenters. The van der Waals surface area contributed by atoms with Gasteiger partial charge in [0.1, 0.15) is 5.82 Å². The highest BCUT2D eigenvalue weighted by molar-refractivity contribution is 5.72. The van der Waals surface area contributed by atoms with E-state index in [2.05, 4.69) is 29.8 Å². The maximum atomic E-state index is 5.40. The van der Waals surface area contributed by atoms with Gasteiger partial charge in [0, 0.05) is 36.7 Å². The molecule has 0 aliphatic rings. The van der Waals surface area contributed by atoms with Gasteiger partial charge in [-0.2, -0.15) is 10.1 Å². The first-order chi connectivity index (χ1) is 12.1. The van der Waals surface area contributed by atoms with Crippen molar-refractivity contribution in [2.24, 2.45) is 0 Å². The lowest BCUT2D eigenvalue weighted by Gasteiger charge is -2.02. The molecule has 4 aromatic rings. The second-order valence-corrected chi connectivity index (χ2v) is 6.12. The van der Waals surface area contributed by atoms with Crippen LogP contribution in [0.5, 0.6) is 0 Å². The summed E-state index contributed by atoms with van der Waals surface area (Å²) in [6, 6.07) is 1.99. The van der Waals surface area contributed by atoms with Gasteiger partial charge >= 0.3 is 0 Å². The van der Waals surface area contributed by atoms with E-state index < -0.39 is 0 Å². The van der Waals surface area contributed by atoms with E-state index in [1.807, 2.05) is 39.2 Å². The number of aromatic nitrogens is 7. The van der Waals surface area contributed by atoms with Crippen molar-refractivity contribution in [3.8, 4) is 11.4 Å². The molecule has 0 saturated carbocycles. The van der Waals surface area contributed by atoms with Crippen molar-refractivity contribution in [2.75, 3.05) is 0 Å². The fraction of sp³-hybridized carbons (Fsp3) is 0.353. The lowest BCUT2D eigenvalue weighted by molar-refractivity contribution is 0.372. The van der Waals surface area contributed by atoms with Gasteiger partial charge in [-0.05, 0) is 33.3 Å². The van der Waals surface area contributed by atoms with Crippen LogP contribution in [-0.2, 0) is 13.0 Å². The quantitative estimate of drug-likeness (QED) is 0.556. The summed E-state index contributed by atoms with van der Waals surface area (Å²) in [5.74, 6) is 2.16. The van der Waals surface area contributed by atoms with Gasteiger partial charge in [-0.1, -0.05) is 5.16 Å². The lowest BCUT2D eigenvalue weighted by atomic mass is 10.3. The number of hydrogen-bond donors (Lipinski definition) is 0. The van der Waals surface area contributed by atoms with Crippen molar-refractivity contribution in [3.05, 3.63) is 47.8 Å². The molecule has 4 heterocycles. The molecule has 4 aromatic heterocycles. The van der Waals surface area contributed by atoms with Gasteiger partial charge in [-0.3, -0.25) is 0 Å². The first kappa shape index (κ1) is 15.5. The number of rotatable bonds is 5. The molecule has 0 amide bonds. The van der Waals surface area contributed by atoms with Crippen molar-refractivity contribution < 1.29 is 4.52 Å². The Morgan fingerprint density at radius 2 is 2.04 bits per heavy atom. The molecule has 0 N–H and O–H groups in total. The predicted octanol–water partition coefficient (Wildman–Crippen LogP) is 2.53. The number of hydrogen-bond acceptors (Lipinski definition) is 6. The van der Waals surface area contributed by atoms with E-state index in [4.69, 9.17) is 4.52 Å². The number of aryl methyl sites for hydroxylation is 5. The van der Waals surface area contributed by atoms with E-state index in [1.165, 1.54) is 0 Å². The van der Waals surface area contributed by atoms with Crippen LogP contribution in [0.2, 0.25) is 0 Å². The summed E-state index contributed by atoms with van der Waals surface area (Å²) >= 11 is 0. The summed E-state index contributed by atoms with van der Waals surface area (Å²) in [5, 5.41) is 8.48. The minimum atomic E-state index is 0.529. The predicted molar refractivity (Wildman–Crippen MR) is 91.0 cm³/mol. The molecule has 0 aliphatic heterocycles. The number of fused-ring (bicyclic) bond motifs is 1. The Bertz CT molecular complexity index is 1030. The lowest BCUT2D eigenvalue weighted by Crippen LogP contribution is -2.00. The van der Waals surface area contributed by atoms with E-state index in [0.717, 1.165) is 47.8 Å². The highest BCUT2D eigenvalue weighted by atomic mass is 16.5. The van der Waals surface area contributed by atoms with Crippen molar-refractivity contribution in [1.82, 2.24) is 34.3 Å². The van der Waals surface area contributed by atoms with Gasteiger partial charge in [-0.15, -0.1) is 0 Å². The van der Waals surface area contributed by atoms with Crippen molar-refractivity contribution in [2.45, 2.75) is 40.2 Å². The third-order valence-electron chi connectivity index (χ3n) is 4.20. The molecule has 0 radical (unpaired) electrons. The fourth-order valence-electron chi connectivity index (χ4n) is 2.93. The molecule has 0 fully saturated rings. The molecular formula is C17H19N7O. The van der Waals surface area contributed by atoms with E-state index in [-0.39, 0.29) is 0 Å². The van der Waals surface area contributed by atoms with Gasteiger partial charge in [0.25, 0.3) is 0 Å². The Kier molecular flexibility index (Phi) is 3.79. The fourth-order valence-corrected chi connectivity index (χ4v) is 2.93. The minimum Gasteiger partial charge on any atom is -0.339 e. The van der Waals surface area contributed by atoms with E-state index in [1.54, 1.807) is 10.7 Å². The molecule has 8 nitrogen and oxygen atoms in total. The van der Waals surface area contributed by atoms with Crippen LogP contribution >= 0.6 is 0 Å². The summed E-state index contributed by atoms with van der Waals surface area (Å²) in [7, 11) is 0. The topological polar surface area (TPSA) is 86.9 Å². The second-order valence-electron chi connectivity index (χ2n) is 6.12. The molecule has 128 valence electrons. The zero-order valence-electron chi connectivity index (χ0n) is 14.5. The van der Waals surface area contributed by atoms with Gasteiger partial charge < -0.3 is 9.09 Å². The van der Waals surface area contributed by atoms with Crippen LogP contribution in [0, 0.1) is 20.8 Å². The Hall–Kier alpha value is -3.03. The van der Waals surface area contributed by atoms with Gasteiger partial charge in [-0.25, -0.2) is 14.5 Å². The zero-order valence-corrected chi connectivity index (χ0v) is 14.5. The van der Waals surface area contributed by atoms with Crippen molar-refractivity contribution in [1.29, 1.82) is 0 Å². The Morgan fingerprint density at radius 3 is 2.84 bits per heavy atom. The van der Waals surface area contributed by atoms with Crippen LogP contribution < -0.4 is 0 Å². The molecule has 4 rings (SSSR count). The smallest absolute Gasteiger partial charge is 0.227 e. The first-order valence-corrected chi connectivity index (χ1v) is 8.24. The second kappa shape index (κ2) is 6.12. The maximum absolute atomic E-state index is 5.40. The molecular weight excluding hydrogens is 318 g/mol. The number of imidazole rings is 1. The highest BCUT2D eigenvalue weighted by Gasteiger charge is 2.16. The Balaban J connectivity index is 1.52. The Morgan fingerprint density at radius 1 is 1.16 bits per heavy atom. The SMILES string of the molecule is Cc1cc(C)n2ncc(-c3noc(CCCn4ccnc4C)n3)c2n1. The van der Waals surface area contributed by atoms with Crippen LogP contribution in [0.4, 0.5) is 0 Å². The molecule has 0 saturated heterocycles. The van der Waals surface area contributed by atoms with Gasteiger partial charge in [0.2, 0.25) is 11.7 Å². The molecule has 8 heteroatoms. The summed E-state index contributed by atoms with van der Waals surface area (Å²) in [6.07, 6.45) is 7.14. The summed E-state index contributed by atoms with van der Waals surface area (Å²) in [4.78, 5) is 13.3. The summed E-state index contributed by atoms with van der Waals surface area (Å²) in [5.41, 5.74) is 3.49. The third kappa shape index (κ3) is 2.90. The zero-order chi connectivity index (χ0) is 17.4. The van der Waals surface area contributed by atoms with Crippen molar-refractivity contribution >= 4 is 5.65 Å². The van der Waals surface area contributed by atoms with E-state index >= 15 is 0 Å². The molecule has 0 spiro atoms. The molecule has 25 heavy (non-hydrogen) atoms. The molecule has 0 aromatic carbocycles. The van der Waals surface area contributed by atoms with Crippen LogP contribution in [0.3, 0.4) is 0 Å². The molecule has 0 bridgehead atoms. The standard InChI is InChI=1S/C17H19N7O/c1-11-9-12(2)24-17(20-11)14(10-19-24)16-21-15(25-22-16)5-4-7-23-8-6-18-13(23)3/h6,8-10H,4-5,7H2,1-3H3. The Labute approximate surface area is 144 Å². The monoisotopic (exact) mass is 337 g/mol. The maximum Gasteiger partial charge on any atom is 0.227 e.